The third kappa shape index (κ3) is 4.56. The van der Waals surface area contributed by atoms with Crippen LogP contribution in [0.5, 0.6) is 0 Å². The number of carbonyl (C=O) groups is 1. The number of hydrogen-bond acceptors (Lipinski definition) is 4. The molecule has 1 unspecified atom stereocenters. The standard InChI is InChI=1S/C14H18ClN3O2S/c1-14(20,10-7-17-18(2)8-10)9-16-13(19)6-4-11-3-5-12(15)21-11/h3,5,7-8,20H,4,6,9H2,1-2H3,(H,16,19). The Bertz CT molecular complexity index is 621. The highest BCUT2D eigenvalue weighted by Crippen LogP contribution is 2.22. The summed E-state index contributed by atoms with van der Waals surface area (Å²) in [6.07, 6.45) is 4.36. The molecule has 7 heteroatoms. The van der Waals surface area contributed by atoms with Crippen molar-refractivity contribution in [3.63, 3.8) is 0 Å². The molecule has 0 spiro atoms. The van der Waals surface area contributed by atoms with Crippen LogP contribution in [0.4, 0.5) is 0 Å². The van der Waals surface area contributed by atoms with Crippen LogP contribution in [0, 0.1) is 0 Å². The average Bonchev–Trinajstić information content (AvgIpc) is 3.03. The highest BCUT2D eigenvalue weighted by Gasteiger charge is 2.25. The van der Waals surface area contributed by atoms with Crippen molar-refractivity contribution in [1.82, 2.24) is 15.1 Å². The summed E-state index contributed by atoms with van der Waals surface area (Å²) in [5, 5.41) is 17.1. The molecule has 21 heavy (non-hydrogen) atoms. The van der Waals surface area contributed by atoms with Gasteiger partial charge in [0.15, 0.2) is 0 Å². The van der Waals surface area contributed by atoms with Gasteiger partial charge in [-0.15, -0.1) is 11.3 Å². The zero-order valence-corrected chi connectivity index (χ0v) is 13.5. The van der Waals surface area contributed by atoms with Crippen molar-refractivity contribution in [3.05, 3.63) is 39.3 Å². The van der Waals surface area contributed by atoms with E-state index in [-0.39, 0.29) is 12.5 Å². The molecule has 0 saturated heterocycles. The van der Waals surface area contributed by atoms with E-state index in [4.69, 9.17) is 11.6 Å². The quantitative estimate of drug-likeness (QED) is 0.853. The molecule has 2 rings (SSSR count). The van der Waals surface area contributed by atoms with Crippen LogP contribution in [0.15, 0.2) is 24.5 Å². The molecule has 2 aromatic heterocycles. The van der Waals surface area contributed by atoms with Crippen LogP contribution in [-0.2, 0) is 23.9 Å². The van der Waals surface area contributed by atoms with Gasteiger partial charge in [-0.05, 0) is 25.5 Å². The Morgan fingerprint density at radius 3 is 2.90 bits per heavy atom. The molecular formula is C14H18ClN3O2S. The minimum atomic E-state index is -1.13. The van der Waals surface area contributed by atoms with Crippen molar-refractivity contribution < 1.29 is 9.90 Å². The number of halogens is 1. The fourth-order valence-electron chi connectivity index (χ4n) is 1.88. The first-order valence-electron chi connectivity index (χ1n) is 6.59. The van der Waals surface area contributed by atoms with Gasteiger partial charge >= 0.3 is 0 Å². The Morgan fingerprint density at radius 1 is 1.57 bits per heavy atom. The number of aromatic nitrogens is 2. The van der Waals surface area contributed by atoms with Crippen LogP contribution in [0.1, 0.15) is 23.8 Å². The number of hydrogen-bond donors (Lipinski definition) is 2. The van der Waals surface area contributed by atoms with Gasteiger partial charge in [-0.3, -0.25) is 9.48 Å². The summed E-state index contributed by atoms with van der Waals surface area (Å²) < 4.78 is 2.34. The Labute approximate surface area is 132 Å². The van der Waals surface area contributed by atoms with Crippen LogP contribution in [0.25, 0.3) is 0 Å². The topological polar surface area (TPSA) is 67.2 Å². The zero-order valence-electron chi connectivity index (χ0n) is 12.0. The normalized spacial score (nSPS) is 13.9. The summed E-state index contributed by atoms with van der Waals surface area (Å²) >= 11 is 7.32. The number of aliphatic hydroxyl groups is 1. The number of thiophene rings is 1. The number of nitrogens with one attached hydrogen (secondary N) is 1. The average molecular weight is 328 g/mol. The molecule has 2 aromatic rings. The second kappa shape index (κ2) is 6.60. The van der Waals surface area contributed by atoms with E-state index in [9.17, 15) is 9.90 Å². The lowest BCUT2D eigenvalue weighted by molar-refractivity contribution is -0.122. The maximum atomic E-state index is 11.8. The molecule has 2 heterocycles. The van der Waals surface area contributed by atoms with Crippen molar-refractivity contribution in [3.8, 4) is 0 Å². The van der Waals surface area contributed by atoms with Crippen molar-refractivity contribution >= 4 is 28.8 Å². The summed E-state index contributed by atoms with van der Waals surface area (Å²) in [7, 11) is 1.78. The zero-order chi connectivity index (χ0) is 15.5. The number of nitrogens with zero attached hydrogens (tertiary/aromatic N) is 2. The molecule has 0 bridgehead atoms. The molecule has 0 aliphatic carbocycles. The minimum absolute atomic E-state index is 0.0938. The van der Waals surface area contributed by atoms with Gasteiger partial charge in [0.2, 0.25) is 5.91 Å². The molecule has 0 saturated carbocycles. The number of aryl methyl sites for hydroxylation is 2. The summed E-state index contributed by atoms with van der Waals surface area (Å²) in [5.41, 5.74) is -0.453. The van der Waals surface area contributed by atoms with Crippen LogP contribution >= 0.6 is 22.9 Å². The van der Waals surface area contributed by atoms with Gasteiger partial charge in [0.05, 0.1) is 17.1 Å². The van der Waals surface area contributed by atoms with Gasteiger partial charge in [0.25, 0.3) is 0 Å². The monoisotopic (exact) mass is 327 g/mol. The predicted octanol–water partition coefficient (Wildman–Crippen LogP) is 2.09. The van der Waals surface area contributed by atoms with Crippen molar-refractivity contribution in [1.29, 1.82) is 0 Å². The van der Waals surface area contributed by atoms with Gasteiger partial charge in [-0.2, -0.15) is 5.10 Å². The van der Waals surface area contributed by atoms with E-state index in [0.717, 1.165) is 9.21 Å². The van der Waals surface area contributed by atoms with Crippen LogP contribution in [0.3, 0.4) is 0 Å². The van der Waals surface area contributed by atoms with Crippen LogP contribution in [-0.4, -0.2) is 27.3 Å². The second-order valence-corrected chi connectivity index (χ2v) is 6.96. The fourth-order valence-corrected chi connectivity index (χ4v) is 2.97. The highest BCUT2D eigenvalue weighted by atomic mass is 35.5. The Balaban J connectivity index is 1.80. The maximum absolute atomic E-state index is 11.8. The van der Waals surface area contributed by atoms with Gasteiger partial charge in [0.1, 0.15) is 5.60 Å². The molecule has 2 N–H and O–H groups in total. The molecule has 1 amide bonds. The summed E-state index contributed by atoms with van der Waals surface area (Å²) in [6.45, 7) is 1.81. The van der Waals surface area contributed by atoms with Crippen LogP contribution < -0.4 is 5.32 Å². The minimum Gasteiger partial charge on any atom is -0.383 e. The third-order valence-corrected chi connectivity index (χ3v) is 4.47. The SMILES string of the molecule is Cn1cc(C(C)(O)CNC(=O)CCc2ccc(Cl)s2)cn1. The Kier molecular flexibility index (Phi) is 5.03. The molecule has 0 fully saturated rings. The first-order valence-corrected chi connectivity index (χ1v) is 7.79. The Hall–Kier alpha value is -1.37. The molecule has 1 atom stereocenters. The number of rotatable bonds is 6. The van der Waals surface area contributed by atoms with E-state index < -0.39 is 5.60 Å². The smallest absolute Gasteiger partial charge is 0.220 e. The predicted molar refractivity (Wildman–Crippen MR) is 83.4 cm³/mol. The van der Waals surface area contributed by atoms with E-state index >= 15 is 0 Å². The van der Waals surface area contributed by atoms with Crippen molar-refractivity contribution in [2.75, 3.05) is 6.54 Å². The molecule has 0 aromatic carbocycles. The number of carbonyl (C=O) groups excluding carboxylic acids is 1. The first-order chi connectivity index (χ1) is 9.87. The van der Waals surface area contributed by atoms with Crippen LogP contribution in [0.2, 0.25) is 4.34 Å². The molecule has 0 aliphatic heterocycles. The maximum Gasteiger partial charge on any atom is 0.220 e. The van der Waals surface area contributed by atoms with Gasteiger partial charge in [-0.25, -0.2) is 0 Å². The van der Waals surface area contributed by atoms with E-state index in [1.165, 1.54) is 11.3 Å². The fraction of sp³-hybridized carbons (Fsp3) is 0.429. The third-order valence-electron chi connectivity index (χ3n) is 3.18. The van der Waals surface area contributed by atoms with E-state index in [0.29, 0.717) is 18.4 Å². The lowest BCUT2D eigenvalue weighted by Crippen LogP contribution is -2.38. The van der Waals surface area contributed by atoms with Gasteiger partial charge in [-0.1, -0.05) is 11.6 Å². The van der Waals surface area contributed by atoms with E-state index in [1.807, 2.05) is 12.1 Å². The number of amides is 1. The van der Waals surface area contributed by atoms with Crippen molar-refractivity contribution in [2.45, 2.75) is 25.4 Å². The molecule has 0 radical (unpaired) electrons. The lowest BCUT2D eigenvalue weighted by Gasteiger charge is -2.22. The van der Waals surface area contributed by atoms with Gasteiger partial charge in [0, 0.05) is 30.1 Å². The molecular weight excluding hydrogens is 310 g/mol. The largest absolute Gasteiger partial charge is 0.383 e. The summed E-state index contributed by atoms with van der Waals surface area (Å²) in [6, 6.07) is 3.75. The van der Waals surface area contributed by atoms with Crippen molar-refractivity contribution in [2.24, 2.45) is 7.05 Å². The molecule has 0 aliphatic rings. The molecule has 5 nitrogen and oxygen atoms in total. The highest BCUT2D eigenvalue weighted by molar-refractivity contribution is 7.16. The summed E-state index contributed by atoms with van der Waals surface area (Å²) in [5.74, 6) is -0.0938. The summed E-state index contributed by atoms with van der Waals surface area (Å²) in [4.78, 5) is 12.9. The molecule has 114 valence electrons. The first kappa shape index (κ1) is 16.0. The van der Waals surface area contributed by atoms with Gasteiger partial charge < -0.3 is 10.4 Å². The Morgan fingerprint density at radius 2 is 2.33 bits per heavy atom. The second-order valence-electron chi connectivity index (χ2n) is 5.16. The van der Waals surface area contributed by atoms with E-state index in [1.54, 1.807) is 31.0 Å². The van der Waals surface area contributed by atoms with E-state index in [2.05, 4.69) is 10.4 Å². The lowest BCUT2D eigenvalue weighted by atomic mass is 10.00.